The molecule has 7 heteroatoms. The van der Waals surface area contributed by atoms with Gasteiger partial charge in [0.2, 0.25) is 0 Å². The molecule has 1 saturated heterocycles. The molecule has 0 N–H and O–H groups in total. The molecule has 6 rings (SSSR count). The monoisotopic (exact) mass is 466 g/mol. The van der Waals surface area contributed by atoms with Crippen LogP contribution in [0.1, 0.15) is 12.1 Å². The van der Waals surface area contributed by atoms with Gasteiger partial charge in [-0.05, 0) is 69.9 Å². The molecule has 1 aliphatic rings. The lowest BCUT2D eigenvalue weighted by molar-refractivity contribution is 0.315. The van der Waals surface area contributed by atoms with Gasteiger partial charge in [-0.15, -0.1) is 0 Å². The predicted molar refractivity (Wildman–Crippen MR) is 138 cm³/mol. The number of aromatic nitrogens is 4. The van der Waals surface area contributed by atoms with Gasteiger partial charge in [-0.25, -0.2) is 14.4 Å². The number of pyridine rings is 3. The molecule has 6 nitrogen and oxygen atoms in total. The summed E-state index contributed by atoms with van der Waals surface area (Å²) in [7, 11) is 4.29. The van der Waals surface area contributed by atoms with Gasteiger partial charge in [0.25, 0.3) is 0 Å². The predicted octanol–water partition coefficient (Wildman–Crippen LogP) is 5.20. The van der Waals surface area contributed by atoms with E-state index in [1.165, 1.54) is 6.07 Å². The van der Waals surface area contributed by atoms with Gasteiger partial charge in [-0.3, -0.25) is 9.38 Å². The molecule has 1 aliphatic heterocycles. The summed E-state index contributed by atoms with van der Waals surface area (Å²) in [5, 5.41) is 1.08. The van der Waals surface area contributed by atoms with E-state index in [9.17, 15) is 4.39 Å². The third-order valence-electron chi connectivity index (χ3n) is 6.99. The van der Waals surface area contributed by atoms with Crippen molar-refractivity contribution in [1.82, 2.24) is 24.3 Å². The van der Waals surface area contributed by atoms with E-state index in [2.05, 4.69) is 57.5 Å². The maximum Gasteiger partial charge on any atom is 0.144 e. The van der Waals surface area contributed by atoms with Crippen molar-refractivity contribution < 1.29 is 4.39 Å². The molecule has 0 spiro atoms. The fourth-order valence-corrected chi connectivity index (χ4v) is 4.96. The largest absolute Gasteiger partial charge is 0.369 e. The van der Waals surface area contributed by atoms with Crippen LogP contribution >= 0.6 is 0 Å². The summed E-state index contributed by atoms with van der Waals surface area (Å²) >= 11 is 0. The number of likely N-dealkylation sites (N-methyl/N-ethyl adjacent to an activating group) is 1. The van der Waals surface area contributed by atoms with Crippen LogP contribution in [0.15, 0.2) is 67.0 Å². The summed E-state index contributed by atoms with van der Waals surface area (Å²) in [4.78, 5) is 18.8. The van der Waals surface area contributed by atoms with Crippen molar-refractivity contribution in [3.63, 3.8) is 0 Å². The number of aryl methyl sites for hydroxylation is 1. The smallest absolute Gasteiger partial charge is 0.144 e. The molecule has 0 aliphatic carbocycles. The molecule has 5 aromatic rings. The van der Waals surface area contributed by atoms with Crippen LogP contribution < -0.4 is 4.90 Å². The fraction of sp³-hybridized carbons (Fsp3) is 0.250. The molecular weight excluding hydrogens is 439 g/mol. The maximum atomic E-state index is 13.9. The number of halogens is 1. The standard InChI is InChI=1S/C28H27FN6/c1-18-23(29)8-10-25(31-18)27-28(35-12-5-4-6-26(35)32-27)19-7-9-24-20(14-19)15-22(16-30-24)34-13-11-21(17-34)33(2)3/h4-10,12,14-16,21H,11,13,17H2,1-3H3/t21-/m0/s1. The van der Waals surface area contributed by atoms with Gasteiger partial charge in [0.05, 0.1) is 34.5 Å². The first-order valence-electron chi connectivity index (χ1n) is 11.9. The summed E-state index contributed by atoms with van der Waals surface area (Å²) in [5.74, 6) is -0.318. The number of rotatable bonds is 4. The van der Waals surface area contributed by atoms with Crippen LogP contribution in [-0.4, -0.2) is 57.5 Å². The Morgan fingerprint density at radius 1 is 1.03 bits per heavy atom. The molecule has 4 aromatic heterocycles. The van der Waals surface area contributed by atoms with E-state index in [1.54, 1.807) is 13.0 Å². The number of fused-ring (bicyclic) bond motifs is 2. The van der Waals surface area contributed by atoms with Gasteiger partial charge in [0, 0.05) is 36.3 Å². The second-order valence-electron chi connectivity index (χ2n) is 9.45. The van der Waals surface area contributed by atoms with Crippen LogP contribution in [0.5, 0.6) is 0 Å². The molecule has 0 radical (unpaired) electrons. The van der Waals surface area contributed by atoms with E-state index < -0.39 is 0 Å². The van der Waals surface area contributed by atoms with Crippen molar-refractivity contribution >= 4 is 22.2 Å². The maximum absolute atomic E-state index is 13.9. The van der Waals surface area contributed by atoms with E-state index in [4.69, 9.17) is 9.97 Å². The first-order chi connectivity index (χ1) is 17.0. The third kappa shape index (κ3) is 3.82. The molecule has 1 atom stereocenters. The molecule has 0 bridgehead atoms. The Balaban J connectivity index is 1.48. The fourth-order valence-electron chi connectivity index (χ4n) is 4.96. The molecule has 0 saturated carbocycles. The van der Waals surface area contributed by atoms with Crippen molar-refractivity contribution in [2.45, 2.75) is 19.4 Å². The van der Waals surface area contributed by atoms with E-state index in [-0.39, 0.29) is 5.82 Å². The SMILES string of the molecule is Cc1nc(-c2nc3ccccn3c2-c2ccc3ncc(N4CC[C@H](N(C)C)C4)cc3c2)ccc1F. The highest BCUT2D eigenvalue weighted by molar-refractivity contribution is 5.89. The molecule has 1 fully saturated rings. The second kappa shape index (κ2) is 8.43. The number of benzene rings is 1. The van der Waals surface area contributed by atoms with E-state index >= 15 is 0 Å². The van der Waals surface area contributed by atoms with Gasteiger partial charge in [-0.2, -0.15) is 0 Å². The molecule has 0 unspecified atom stereocenters. The summed E-state index contributed by atoms with van der Waals surface area (Å²) in [6.45, 7) is 3.71. The van der Waals surface area contributed by atoms with Crippen LogP contribution in [0.3, 0.4) is 0 Å². The topological polar surface area (TPSA) is 49.6 Å². The minimum absolute atomic E-state index is 0.318. The Labute approximate surface area is 203 Å². The van der Waals surface area contributed by atoms with Crippen LogP contribution in [-0.2, 0) is 0 Å². The number of imidazole rings is 1. The zero-order valence-electron chi connectivity index (χ0n) is 20.1. The average Bonchev–Trinajstić information content (AvgIpc) is 3.51. The van der Waals surface area contributed by atoms with Crippen LogP contribution in [0.4, 0.5) is 10.1 Å². The Bertz CT molecular complexity index is 1560. The quantitative estimate of drug-likeness (QED) is 0.364. The Morgan fingerprint density at radius 2 is 1.91 bits per heavy atom. The Morgan fingerprint density at radius 3 is 2.71 bits per heavy atom. The zero-order valence-corrected chi connectivity index (χ0v) is 20.1. The molecule has 176 valence electrons. The number of nitrogens with zero attached hydrogens (tertiary/aromatic N) is 6. The normalized spacial score (nSPS) is 16.1. The van der Waals surface area contributed by atoms with Gasteiger partial charge < -0.3 is 9.80 Å². The third-order valence-corrected chi connectivity index (χ3v) is 6.99. The molecule has 5 heterocycles. The molecule has 1 aromatic carbocycles. The van der Waals surface area contributed by atoms with E-state index in [0.29, 0.717) is 17.4 Å². The van der Waals surface area contributed by atoms with Gasteiger partial charge in [-0.1, -0.05) is 12.1 Å². The first-order valence-corrected chi connectivity index (χ1v) is 11.9. The number of anilines is 1. The van der Waals surface area contributed by atoms with E-state index in [0.717, 1.165) is 58.7 Å². The van der Waals surface area contributed by atoms with Crippen molar-refractivity contribution in [3.05, 3.63) is 78.5 Å². The van der Waals surface area contributed by atoms with Crippen molar-refractivity contribution in [3.8, 4) is 22.6 Å². The van der Waals surface area contributed by atoms with Crippen molar-refractivity contribution in [1.29, 1.82) is 0 Å². The van der Waals surface area contributed by atoms with Gasteiger partial charge in [0.15, 0.2) is 0 Å². The summed E-state index contributed by atoms with van der Waals surface area (Å²) < 4.78 is 16.0. The zero-order chi connectivity index (χ0) is 24.1. The van der Waals surface area contributed by atoms with Crippen LogP contribution in [0.25, 0.3) is 39.2 Å². The molecule has 35 heavy (non-hydrogen) atoms. The van der Waals surface area contributed by atoms with Crippen LogP contribution in [0.2, 0.25) is 0 Å². The lowest BCUT2D eigenvalue weighted by atomic mass is 10.0. The highest BCUT2D eigenvalue weighted by Crippen LogP contribution is 2.34. The number of hydrogen-bond donors (Lipinski definition) is 0. The van der Waals surface area contributed by atoms with E-state index in [1.807, 2.05) is 30.6 Å². The second-order valence-corrected chi connectivity index (χ2v) is 9.45. The lowest BCUT2D eigenvalue weighted by Gasteiger charge is -2.21. The first kappa shape index (κ1) is 21.7. The number of hydrogen-bond acceptors (Lipinski definition) is 5. The minimum atomic E-state index is -0.318. The summed E-state index contributed by atoms with van der Waals surface area (Å²) in [5.41, 5.74) is 6.61. The molecule has 0 amide bonds. The minimum Gasteiger partial charge on any atom is -0.369 e. The van der Waals surface area contributed by atoms with Gasteiger partial charge >= 0.3 is 0 Å². The van der Waals surface area contributed by atoms with Crippen molar-refractivity contribution in [2.75, 3.05) is 32.1 Å². The Kier molecular flexibility index (Phi) is 5.22. The van der Waals surface area contributed by atoms with Crippen LogP contribution in [0, 0.1) is 12.7 Å². The molecular formula is C28H27FN6. The lowest BCUT2D eigenvalue weighted by Crippen LogP contribution is -2.31. The highest BCUT2D eigenvalue weighted by atomic mass is 19.1. The average molecular weight is 467 g/mol. The summed E-state index contributed by atoms with van der Waals surface area (Å²) in [6, 6.07) is 18.2. The summed E-state index contributed by atoms with van der Waals surface area (Å²) in [6.07, 6.45) is 5.13. The Hall–Kier alpha value is -3.84. The van der Waals surface area contributed by atoms with Gasteiger partial charge in [0.1, 0.15) is 17.2 Å². The van der Waals surface area contributed by atoms with Crippen molar-refractivity contribution in [2.24, 2.45) is 0 Å². The highest BCUT2D eigenvalue weighted by Gasteiger charge is 2.24.